The van der Waals surface area contributed by atoms with Crippen LogP contribution in [0.3, 0.4) is 0 Å². The second kappa shape index (κ2) is 4.78. The van der Waals surface area contributed by atoms with Crippen molar-refractivity contribution in [2.75, 3.05) is 26.4 Å². The Labute approximate surface area is 102 Å². The van der Waals surface area contributed by atoms with Crippen molar-refractivity contribution in [3.05, 3.63) is 12.2 Å². The molecule has 0 aliphatic carbocycles. The molecule has 1 atom stereocenters. The van der Waals surface area contributed by atoms with Gasteiger partial charge in [0, 0.05) is 11.5 Å². The topological polar surface area (TPSA) is 44.8 Å². The van der Waals surface area contributed by atoms with Crippen LogP contribution in [0.1, 0.15) is 20.3 Å². The Morgan fingerprint density at radius 3 is 2.47 bits per heavy atom. The first-order valence-corrected chi connectivity index (χ1v) is 6.03. The molecule has 0 aromatic carbocycles. The Morgan fingerprint density at radius 1 is 1.47 bits per heavy atom. The fourth-order valence-electron chi connectivity index (χ4n) is 2.04. The fraction of sp³-hybridized carbons (Fsp3) is 0.769. The number of esters is 1. The van der Waals surface area contributed by atoms with Gasteiger partial charge in [-0.3, -0.25) is 0 Å². The molecule has 0 N–H and O–H groups in total. The third kappa shape index (κ3) is 2.69. The van der Waals surface area contributed by atoms with Crippen LogP contribution in [0.15, 0.2) is 12.2 Å². The van der Waals surface area contributed by atoms with Gasteiger partial charge in [-0.05, 0) is 13.3 Å². The predicted molar refractivity (Wildman–Crippen MR) is 62.5 cm³/mol. The lowest BCUT2D eigenvalue weighted by Crippen LogP contribution is -2.52. The molecule has 17 heavy (non-hydrogen) atoms. The molecule has 0 bridgehead atoms. The summed E-state index contributed by atoms with van der Waals surface area (Å²) < 4.78 is 16.0. The molecule has 0 amide bonds. The van der Waals surface area contributed by atoms with Crippen LogP contribution in [0.5, 0.6) is 0 Å². The lowest BCUT2D eigenvalue weighted by molar-refractivity contribution is -0.195. The molecule has 2 aliphatic heterocycles. The maximum atomic E-state index is 11.6. The van der Waals surface area contributed by atoms with Gasteiger partial charge in [0.1, 0.15) is 6.10 Å². The zero-order valence-electron chi connectivity index (χ0n) is 10.5. The number of hydrogen-bond acceptors (Lipinski definition) is 4. The van der Waals surface area contributed by atoms with E-state index < -0.39 is 0 Å². The quantitative estimate of drug-likeness (QED) is 0.540. The van der Waals surface area contributed by atoms with Crippen LogP contribution in [-0.2, 0) is 19.0 Å². The molecule has 4 heteroatoms. The molecule has 0 aromatic rings. The van der Waals surface area contributed by atoms with Gasteiger partial charge in [-0.25, -0.2) is 4.79 Å². The molecule has 96 valence electrons. The van der Waals surface area contributed by atoms with Crippen molar-refractivity contribution in [2.45, 2.75) is 26.4 Å². The number of ether oxygens (including phenoxy) is 3. The zero-order chi connectivity index (χ0) is 12.5. The summed E-state index contributed by atoms with van der Waals surface area (Å²) in [4.78, 5) is 11.6. The van der Waals surface area contributed by atoms with Crippen LogP contribution in [-0.4, -0.2) is 38.5 Å². The average molecular weight is 240 g/mol. The number of carbonyl (C=O) groups is 1. The third-order valence-corrected chi connectivity index (χ3v) is 3.49. The average Bonchev–Trinajstić information content (AvgIpc) is 2.17. The molecule has 0 spiro atoms. The lowest BCUT2D eigenvalue weighted by Gasteiger charge is -2.45. The van der Waals surface area contributed by atoms with E-state index in [2.05, 4.69) is 13.5 Å². The number of carbonyl (C=O) groups excluding carboxylic acids is 1. The predicted octanol–water partition coefficient (Wildman–Crippen LogP) is 1.55. The molecule has 0 aromatic heterocycles. The van der Waals surface area contributed by atoms with E-state index in [1.54, 1.807) is 6.92 Å². The smallest absolute Gasteiger partial charge is 0.333 e. The molecule has 4 nitrogen and oxygen atoms in total. The van der Waals surface area contributed by atoms with Crippen molar-refractivity contribution in [1.29, 1.82) is 0 Å². The van der Waals surface area contributed by atoms with E-state index in [0.29, 0.717) is 24.7 Å². The molecule has 2 fully saturated rings. The Hall–Kier alpha value is -0.870. The molecule has 1 unspecified atom stereocenters. The highest BCUT2D eigenvalue weighted by Gasteiger charge is 2.45. The normalized spacial score (nSPS) is 24.4. The van der Waals surface area contributed by atoms with Gasteiger partial charge >= 0.3 is 5.97 Å². The van der Waals surface area contributed by atoms with E-state index in [9.17, 15) is 4.79 Å². The molecule has 0 radical (unpaired) electrons. The number of rotatable bonds is 5. The maximum Gasteiger partial charge on any atom is 0.333 e. The Balaban J connectivity index is 1.95. The molecule has 0 saturated carbocycles. The van der Waals surface area contributed by atoms with Crippen molar-refractivity contribution in [3.8, 4) is 0 Å². The van der Waals surface area contributed by atoms with Crippen molar-refractivity contribution in [3.63, 3.8) is 0 Å². The van der Waals surface area contributed by atoms with Crippen LogP contribution in [0.25, 0.3) is 0 Å². The van der Waals surface area contributed by atoms with Gasteiger partial charge in [-0.1, -0.05) is 13.5 Å². The van der Waals surface area contributed by atoms with E-state index >= 15 is 0 Å². The summed E-state index contributed by atoms with van der Waals surface area (Å²) in [5.41, 5.74) is 0.407. The Bertz CT molecular complexity index is 315. The molecule has 2 heterocycles. The van der Waals surface area contributed by atoms with Gasteiger partial charge in [0.2, 0.25) is 0 Å². The standard InChI is InChI=1S/C13H20O4/c1-9(2)12(14)17-11(4-10-5-15-6-10)13(3)7-16-8-13/h10-11H,1,4-8H2,2-3H3. The first-order chi connectivity index (χ1) is 8.01. The monoisotopic (exact) mass is 240 g/mol. The molecule has 2 aliphatic rings. The van der Waals surface area contributed by atoms with E-state index in [-0.39, 0.29) is 17.5 Å². The number of hydrogen-bond donors (Lipinski definition) is 0. The third-order valence-electron chi connectivity index (χ3n) is 3.49. The summed E-state index contributed by atoms with van der Waals surface area (Å²) in [7, 11) is 0. The minimum Gasteiger partial charge on any atom is -0.458 e. The maximum absolute atomic E-state index is 11.6. The lowest BCUT2D eigenvalue weighted by atomic mass is 9.78. The highest BCUT2D eigenvalue weighted by molar-refractivity contribution is 5.87. The van der Waals surface area contributed by atoms with Gasteiger partial charge in [0.25, 0.3) is 0 Å². The van der Waals surface area contributed by atoms with Gasteiger partial charge in [-0.15, -0.1) is 0 Å². The fourth-order valence-corrected chi connectivity index (χ4v) is 2.04. The van der Waals surface area contributed by atoms with Gasteiger partial charge in [0.15, 0.2) is 0 Å². The molecular weight excluding hydrogens is 220 g/mol. The molecular formula is C13H20O4. The minimum atomic E-state index is -0.302. The Kier molecular flexibility index (Phi) is 3.54. The van der Waals surface area contributed by atoms with Crippen molar-refractivity contribution < 1.29 is 19.0 Å². The summed E-state index contributed by atoms with van der Waals surface area (Å²) in [6.07, 6.45) is 0.771. The second-order valence-electron chi connectivity index (χ2n) is 5.46. The first kappa shape index (κ1) is 12.6. The Morgan fingerprint density at radius 2 is 2.12 bits per heavy atom. The van der Waals surface area contributed by atoms with Crippen LogP contribution in [0, 0.1) is 11.3 Å². The van der Waals surface area contributed by atoms with Crippen LogP contribution in [0.4, 0.5) is 0 Å². The molecule has 2 saturated heterocycles. The van der Waals surface area contributed by atoms with E-state index in [1.165, 1.54) is 0 Å². The van der Waals surface area contributed by atoms with Gasteiger partial charge in [-0.2, -0.15) is 0 Å². The second-order valence-corrected chi connectivity index (χ2v) is 5.46. The summed E-state index contributed by atoms with van der Waals surface area (Å²) in [5.74, 6) is 0.207. The highest BCUT2D eigenvalue weighted by atomic mass is 16.6. The van der Waals surface area contributed by atoms with E-state index in [0.717, 1.165) is 19.6 Å². The summed E-state index contributed by atoms with van der Waals surface area (Å²) in [6.45, 7) is 10.3. The van der Waals surface area contributed by atoms with Crippen LogP contribution >= 0.6 is 0 Å². The SMILES string of the molecule is C=C(C)C(=O)OC(CC1COC1)C1(C)COC1. The minimum absolute atomic E-state index is 0.0410. The van der Waals surface area contributed by atoms with Crippen molar-refractivity contribution in [1.82, 2.24) is 0 Å². The summed E-state index contributed by atoms with van der Waals surface area (Å²) in [5, 5.41) is 0. The van der Waals surface area contributed by atoms with Gasteiger partial charge < -0.3 is 14.2 Å². The van der Waals surface area contributed by atoms with E-state index in [1.807, 2.05) is 0 Å². The van der Waals surface area contributed by atoms with Crippen molar-refractivity contribution in [2.24, 2.45) is 11.3 Å². The van der Waals surface area contributed by atoms with Gasteiger partial charge in [0.05, 0.1) is 31.8 Å². The largest absolute Gasteiger partial charge is 0.458 e. The van der Waals surface area contributed by atoms with Crippen LogP contribution < -0.4 is 0 Å². The van der Waals surface area contributed by atoms with E-state index in [4.69, 9.17) is 14.2 Å². The highest BCUT2D eigenvalue weighted by Crippen LogP contribution is 2.37. The van der Waals surface area contributed by atoms with Crippen molar-refractivity contribution >= 4 is 5.97 Å². The zero-order valence-corrected chi connectivity index (χ0v) is 10.5. The van der Waals surface area contributed by atoms with Crippen LogP contribution in [0.2, 0.25) is 0 Å². The summed E-state index contributed by atoms with van der Waals surface area (Å²) in [6, 6.07) is 0. The molecule has 2 rings (SSSR count). The first-order valence-electron chi connectivity index (χ1n) is 6.03. The summed E-state index contributed by atoms with van der Waals surface area (Å²) >= 11 is 0.